The molecule has 1 aromatic carbocycles. The van der Waals surface area contributed by atoms with Gasteiger partial charge in [0, 0.05) is 19.2 Å². The van der Waals surface area contributed by atoms with Gasteiger partial charge in [0.1, 0.15) is 11.4 Å². The summed E-state index contributed by atoms with van der Waals surface area (Å²) in [4.78, 5) is 13.4. The Balaban J connectivity index is 1.86. The van der Waals surface area contributed by atoms with E-state index in [1.165, 1.54) is 0 Å². The van der Waals surface area contributed by atoms with Crippen molar-refractivity contribution in [3.8, 4) is 17.6 Å². The van der Waals surface area contributed by atoms with Crippen molar-refractivity contribution in [1.82, 2.24) is 15.1 Å². The average Bonchev–Trinajstić information content (AvgIpc) is 3.14. The summed E-state index contributed by atoms with van der Waals surface area (Å²) in [6.07, 6.45) is 6.69. The normalized spacial score (nSPS) is 16.6. The van der Waals surface area contributed by atoms with E-state index in [-0.39, 0.29) is 5.91 Å². The van der Waals surface area contributed by atoms with E-state index in [2.05, 4.69) is 22.8 Å². The number of allylic oxidation sites excluding steroid dienone is 4. The lowest BCUT2D eigenvalue weighted by Crippen LogP contribution is -2.30. The number of ether oxygens (including phenoxy) is 1. The molecule has 6 heteroatoms. The first-order chi connectivity index (χ1) is 13.0. The number of piperidine rings is 1. The van der Waals surface area contributed by atoms with Crippen LogP contribution in [-0.2, 0) is 4.79 Å². The Labute approximate surface area is 158 Å². The highest BCUT2D eigenvalue weighted by Crippen LogP contribution is 2.33. The molecule has 3 rings (SSSR count). The molecule has 1 fully saturated rings. The Kier molecular flexibility index (Phi) is 5.23. The van der Waals surface area contributed by atoms with E-state index in [1.54, 1.807) is 42.4 Å². The average molecular weight is 360 g/mol. The van der Waals surface area contributed by atoms with Gasteiger partial charge in [-0.1, -0.05) is 12.7 Å². The first-order valence-electron chi connectivity index (χ1n) is 8.58. The molecule has 0 bridgehead atoms. The number of hydrogen-bond acceptors (Lipinski definition) is 4. The number of rotatable bonds is 4. The van der Waals surface area contributed by atoms with Gasteiger partial charge in [-0.05, 0) is 54.8 Å². The fourth-order valence-corrected chi connectivity index (χ4v) is 2.85. The highest BCUT2D eigenvalue weighted by atomic mass is 16.5. The molecule has 2 aromatic rings. The second-order valence-corrected chi connectivity index (χ2v) is 6.16. The summed E-state index contributed by atoms with van der Waals surface area (Å²) >= 11 is 0. The van der Waals surface area contributed by atoms with Crippen LogP contribution in [-0.4, -0.2) is 28.1 Å². The van der Waals surface area contributed by atoms with Crippen molar-refractivity contribution in [2.24, 2.45) is 0 Å². The van der Waals surface area contributed by atoms with Crippen molar-refractivity contribution in [2.75, 3.05) is 7.05 Å². The number of benzene rings is 1. The highest BCUT2D eigenvalue weighted by Gasteiger charge is 2.22. The zero-order valence-corrected chi connectivity index (χ0v) is 15.3. The number of nitriles is 1. The first kappa shape index (κ1) is 18.2. The number of likely N-dealkylation sites (tertiary alicyclic amines) is 1. The zero-order valence-electron chi connectivity index (χ0n) is 15.3. The van der Waals surface area contributed by atoms with E-state index >= 15 is 0 Å². The molecule has 1 amide bonds. The van der Waals surface area contributed by atoms with Gasteiger partial charge >= 0.3 is 0 Å². The van der Waals surface area contributed by atoms with E-state index in [1.807, 2.05) is 19.1 Å². The predicted molar refractivity (Wildman–Crippen MR) is 103 cm³/mol. The Bertz CT molecular complexity index is 974. The maximum atomic E-state index is 11.8. The molecule has 1 N–H and O–H groups in total. The summed E-state index contributed by atoms with van der Waals surface area (Å²) < 4.78 is 5.93. The number of aromatic nitrogens is 2. The minimum absolute atomic E-state index is 0.0746. The number of carbonyl (C=O) groups is 1. The van der Waals surface area contributed by atoms with Gasteiger partial charge in [0.25, 0.3) is 0 Å². The number of aromatic amines is 1. The van der Waals surface area contributed by atoms with E-state index in [4.69, 9.17) is 10.00 Å². The van der Waals surface area contributed by atoms with Crippen LogP contribution in [0.3, 0.4) is 0 Å². The highest BCUT2D eigenvalue weighted by molar-refractivity contribution is 5.83. The fraction of sp³-hybridized carbons (Fsp3) is 0.190. The molecule has 1 aliphatic rings. The van der Waals surface area contributed by atoms with E-state index in [0.717, 1.165) is 16.8 Å². The Morgan fingerprint density at radius 1 is 1.37 bits per heavy atom. The van der Waals surface area contributed by atoms with Crippen LogP contribution >= 0.6 is 0 Å². The maximum absolute atomic E-state index is 11.8. The van der Waals surface area contributed by atoms with Crippen LogP contribution in [0.4, 0.5) is 0 Å². The van der Waals surface area contributed by atoms with Gasteiger partial charge in [-0.15, -0.1) is 0 Å². The molecule has 6 nitrogen and oxygen atoms in total. The number of carbonyl (C=O) groups excluding carboxylic acids is 1. The van der Waals surface area contributed by atoms with Gasteiger partial charge in [0.2, 0.25) is 5.91 Å². The van der Waals surface area contributed by atoms with Gasteiger partial charge < -0.3 is 9.64 Å². The van der Waals surface area contributed by atoms with Gasteiger partial charge in [-0.25, -0.2) is 0 Å². The number of nitrogens with one attached hydrogen (secondary N) is 1. The van der Waals surface area contributed by atoms with Crippen molar-refractivity contribution >= 4 is 11.5 Å². The maximum Gasteiger partial charge on any atom is 0.227 e. The molecule has 1 aromatic heterocycles. The molecule has 0 aliphatic carbocycles. The van der Waals surface area contributed by atoms with Crippen molar-refractivity contribution in [2.45, 2.75) is 19.8 Å². The van der Waals surface area contributed by atoms with Crippen LogP contribution in [0.5, 0.6) is 11.5 Å². The molecular weight excluding hydrogens is 340 g/mol. The first-order valence-corrected chi connectivity index (χ1v) is 8.58. The van der Waals surface area contributed by atoms with Gasteiger partial charge in [0.05, 0.1) is 17.8 Å². The van der Waals surface area contributed by atoms with E-state index < -0.39 is 0 Å². The molecule has 0 atom stereocenters. The van der Waals surface area contributed by atoms with Crippen LogP contribution in [0.25, 0.3) is 5.57 Å². The van der Waals surface area contributed by atoms with Crippen LogP contribution in [0, 0.1) is 11.3 Å². The molecule has 0 spiro atoms. The zero-order chi connectivity index (χ0) is 19.4. The van der Waals surface area contributed by atoms with Crippen LogP contribution < -0.4 is 4.74 Å². The molecule has 136 valence electrons. The molecule has 1 saturated heterocycles. The van der Waals surface area contributed by atoms with Gasteiger partial charge in [0.15, 0.2) is 5.75 Å². The molecule has 0 saturated carbocycles. The molecule has 27 heavy (non-hydrogen) atoms. The second-order valence-electron chi connectivity index (χ2n) is 6.16. The quantitative estimate of drug-likeness (QED) is 0.887. The topological polar surface area (TPSA) is 82.0 Å². The summed E-state index contributed by atoms with van der Waals surface area (Å²) in [5, 5.41) is 16.0. The number of H-pyrrole nitrogens is 1. The summed E-state index contributed by atoms with van der Waals surface area (Å²) in [5.41, 5.74) is 3.92. The molecular formula is C21H20N4O2. The Hall–Kier alpha value is -3.59. The molecule has 1 aliphatic heterocycles. The lowest BCUT2D eigenvalue weighted by atomic mass is 9.97. The summed E-state index contributed by atoms with van der Waals surface area (Å²) in [7, 11) is 1.74. The van der Waals surface area contributed by atoms with Crippen molar-refractivity contribution < 1.29 is 9.53 Å². The van der Waals surface area contributed by atoms with Gasteiger partial charge in [-0.3, -0.25) is 9.89 Å². The third-order valence-corrected chi connectivity index (χ3v) is 4.50. The monoisotopic (exact) mass is 360 g/mol. The lowest BCUT2D eigenvalue weighted by Gasteiger charge is -2.27. The summed E-state index contributed by atoms with van der Waals surface area (Å²) in [6.45, 7) is 5.96. The van der Waals surface area contributed by atoms with Crippen molar-refractivity contribution in [3.63, 3.8) is 0 Å². The second kappa shape index (κ2) is 7.75. The van der Waals surface area contributed by atoms with Crippen LogP contribution in [0.2, 0.25) is 0 Å². The van der Waals surface area contributed by atoms with E-state index in [0.29, 0.717) is 35.6 Å². The van der Waals surface area contributed by atoms with Crippen LogP contribution in [0.15, 0.2) is 60.5 Å². The van der Waals surface area contributed by atoms with Crippen LogP contribution in [0.1, 0.15) is 31.0 Å². The number of likely N-dealkylation sites (N-methyl/N-ethyl adjacent to an activating group) is 1. The minimum atomic E-state index is 0.0746. The third-order valence-electron chi connectivity index (χ3n) is 4.50. The van der Waals surface area contributed by atoms with Gasteiger partial charge in [-0.2, -0.15) is 10.4 Å². The summed E-state index contributed by atoms with van der Waals surface area (Å²) in [6, 6.07) is 8.97. The fourth-order valence-electron chi connectivity index (χ4n) is 2.85. The SMILES string of the molecule is C=C1/C(=C\C(=C/C)c2[nH]ncc2Oc2ccc(C#N)cc2)CCC(=O)N1C. The molecule has 2 heterocycles. The Morgan fingerprint density at radius 3 is 2.78 bits per heavy atom. The van der Waals surface area contributed by atoms with E-state index in [9.17, 15) is 4.79 Å². The molecule has 0 radical (unpaired) electrons. The number of amides is 1. The predicted octanol–water partition coefficient (Wildman–Crippen LogP) is 4.17. The largest absolute Gasteiger partial charge is 0.453 e. The Morgan fingerprint density at radius 2 is 2.11 bits per heavy atom. The standard InChI is InChI=1S/C21H20N4O2/c1-4-16(11-17-7-10-20(26)25(3)14(17)2)21-19(13-23-24-21)27-18-8-5-15(12-22)6-9-18/h4-6,8-9,11,13H,2,7,10H2,1,3H3,(H,23,24)/b16-4+,17-11-. The smallest absolute Gasteiger partial charge is 0.227 e. The number of hydrogen-bond donors (Lipinski definition) is 1. The van der Waals surface area contributed by atoms with Crippen molar-refractivity contribution in [3.05, 3.63) is 71.7 Å². The van der Waals surface area contributed by atoms with Crippen molar-refractivity contribution in [1.29, 1.82) is 5.26 Å². The third kappa shape index (κ3) is 3.82. The summed E-state index contributed by atoms with van der Waals surface area (Å²) in [5.74, 6) is 1.27. The minimum Gasteiger partial charge on any atom is -0.453 e. The lowest BCUT2D eigenvalue weighted by molar-refractivity contribution is -0.128. The molecule has 0 unspecified atom stereocenters. The number of nitrogens with zero attached hydrogens (tertiary/aromatic N) is 3.